The van der Waals surface area contributed by atoms with E-state index >= 15 is 0 Å². The second kappa shape index (κ2) is 4.40. The van der Waals surface area contributed by atoms with Crippen molar-refractivity contribution in [2.45, 2.75) is 0 Å². The van der Waals surface area contributed by atoms with Crippen LogP contribution in [-0.2, 0) is 0 Å². The summed E-state index contributed by atoms with van der Waals surface area (Å²) in [5, 5.41) is 12.0. The fourth-order valence-electron chi connectivity index (χ4n) is 1.71. The summed E-state index contributed by atoms with van der Waals surface area (Å²) in [6.45, 7) is 0. The summed E-state index contributed by atoms with van der Waals surface area (Å²) in [7, 11) is 0. The molecule has 7 heteroatoms. The Morgan fingerprint density at radius 3 is 2.53 bits per heavy atom. The number of aromatic nitrogens is 3. The normalized spacial score (nSPS) is 10.4. The van der Waals surface area contributed by atoms with Crippen LogP contribution in [0.2, 0.25) is 0 Å². The Morgan fingerprint density at radius 1 is 1.05 bits per heavy atom. The van der Waals surface area contributed by atoms with Crippen LogP contribution in [0.4, 0.5) is 10.1 Å². The second-order valence-electron chi connectivity index (χ2n) is 3.83. The molecule has 0 aliphatic heterocycles. The molecule has 0 N–H and O–H groups in total. The van der Waals surface area contributed by atoms with E-state index in [2.05, 4.69) is 20.2 Å². The summed E-state index contributed by atoms with van der Waals surface area (Å²) in [5.74, 6) is -0.314. The van der Waals surface area contributed by atoms with Crippen LogP contribution in [0.15, 0.2) is 47.6 Å². The molecule has 6 nitrogen and oxygen atoms in total. The Kier molecular flexibility index (Phi) is 2.59. The average molecular weight is 254 g/mol. The Labute approximate surface area is 106 Å². The molecule has 0 atom stereocenters. The highest BCUT2D eigenvalue weighted by Crippen LogP contribution is 2.19. The van der Waals surface area contributed by atoms with Crippen LogP contribution in [0.25, 0.3) is 27.2 Å². The summed E-state index contributed by atoms with van der Waals surface area (Å²) in [6, 6.07) is 10.9. The molecule has 1 heterocycles. The molecule has 0 spiro atoms. The van der Waals surface area contributed by atoms with Crippen LogP contribution in [-0.4, -0.2) is 15.0 Å². The van der Waals surface area contributed by atoms with Gasteiger partial charge in [0.05, 0.1) is 5.69 Å². The van der Waals surface area contributed by atoms with Crippen molar-refractivity contribution in [3.8, 4) is 5.69 Å². The number of rotatable bonds is 2. The van der Waals surface area contributed by atoms with Gasteiger partial charge in [-0.1, -0.05) is 11.2 Å². The van der Waals surface area contributed by atoms with Crippen LogP contribution in [0.5, 0.6) is 0 Å². The van der Waals surface area contributed by atoms with Crippen molar-refractivity contribution in [2.24, 2.45) is 5.11 Å². The molecule has 1 aromatic heterocycles. The number of halogens is 1. The van der Waals surface area contributed by atoms with E-state index in [0.717, 1.165) is 0 Å². The lowest BCUT2D eigenvalue weighted by Gasteiger charge is -1.97. The SMILES string of the molecule is [N-]=[N+]=Nc1ccc2nn(-c3ccc(F)cc3)nc2c1. The maximum absolute atomic E-state index is 12.8. The van der Waals surface area contributed by atoms with E-state index in [1.54, 1.807) is 30.3 Å². The minimum absolute atomic E-state index is 0.314. The van der Waals surface area contributed by atoms with Crippen molar-refractivity contribution in [3.05, 3.63) is 58.7 Å². The van der Waals surface area contributed by atoms with Gasteiger partial charge in [-0.25, -0.2) is 4.39 Å². The first kappa shape index (κ1) is 11.2. The van der Waals surface area contributed by atoms with Gasteiger partial charge in [-0.3, -0.25) is 0 Å². The monoisotopic (exact) mass is 254 g/mol. The largest absolute Gasteiger partial charge is 0.207 e. The minimum atomic E-state index is -0.314. The quantitative estimate of drug-likeness (QED) is 0.398. The van der Waals surface area contributed by atoms with Gasteiger partial charge in [0.15, 0.2) is 0 Å². The van der Waals surface area contributed by atoms with Gasteiger partial charge in [-0.15, -0.1) is 10.2 Å². The van der Waals surface area contributed by atoms with E-state index in [-0.39, 0.29) is 5.82 Å². The zero-order valence-corrected chi connectivity index (χ0v) is 9.60. The van der Waals surface area contributed by atoms with Gasteiger partial charge in [0.1, 0.15) is 16.9 Å². The molecule has 0 aliphatic rings. The van der Waals surface area contributed by atoms with E-state index in [1.165, 1.54) is 16.9 Å². The molecule has 0 amide bonds. The topological polar surface area (TPSA) is 79.5 Å². The summed E-state index contributed by atoms with van der Waals surface area (Å²) in [4.78, 5) is 4.12. The lowest BCUT2D eigenvalue weighted by Crippen LogP contribution is -1.97. The standard InChI is InChI=1S/C12H7FN6/c13-8-1-4-10(5-2-8)19-16-11-6-3-9(15-18-14)7-12(11)17-19/h1-7H. The molecule has 0 fully saturated rings. The van der Waals surface area contributed by atoms with Crippen molar-refractivity contribution in [1.82, 2.24) is 15.0 Å². The number of azide groups is 1. The number of fused-ring (bicyclic) bond motifs is 1. The van der Waals surface area contributed by atoms with Gasteiger partial charge in [0, 0.05) is 10.6 Å². The predicted molar refractivity (Wildman–Crippen MR) is 67.6 cm³/mol. The van der Waals surface area contributed by atoms with Crippen LogP contribution in [0.1, 0.15) is 0 Å². The van der Waals surface area contributed by atoms with Crippen LogP contribution < -0.4 is 0 Å². The highest BCUT2D eigenvalue weighted by atomic mass is 19.1. The molecule has 3 rings (SSSR count). The van der Waals surface area contributed by atoms with Gasteiger partial charge in [-0.05, 0) is 41.9 Å². The van der Waals surface area contributed by atoms with E-state index in [4.69, 9.17) is 5.53 Å². The van der Waals surface area contributed by atoms with Gasteiger partial charge in [0.25, 0.3) is 0 Å². The third kappa shape index (κ3) is 2.10. The molecular weight excluding hydrogens is 247 g/mol. The molecule has 0 saturated heterocycles. The summed E-state index contributed by atoms with van der Waals surface area (Å²) < 4.78 is 12.8. The number of nitrogens with zero attached hydrogens (tertiary/aromatic N) is 6. The second-order valence-corrected chi connectivity index (χ2v) is 3.83. The molecular formula is C12H7FN6. The van der Waals surface area contributed by atoms with Crippen molar-refractivity contribution in [3.63, 3.8) is 0 Å². The van der Waals surface area contributed by atoms with Gasteiger partial charge in [0.2, 0.25) is 0 Å². The fourth-order valence-corrected chi connectivity index (χ4v) is 1.71. The molecule has 19 heavy (non-hydrogen) atoms. The van der Waals surface area contributed by atoms with Crippen molar-refractivity contribution < 1.29 is 4.39 Å². The lowest BCUT2D eigenvalue weighted by atomic mass is 10.3. The Morgan fingerprint density at radius 2 is 1.79 bits per heavy atom. The molecule has 0 saturated carbocycles. The third-order valence-electron chi connectivity index (χ3n) is 2.58. The van der Waals surface area contributed by atoms with E-state index in [1.807, 2.05) is 0 Å². The molecule has 92 valence electrons. The summed E-state index contributed by atoms with van der Waals surface area (Å²) >= 11 is 0. The zero-order chi connectivity index (χ0) is 13.2. The summed E-state index contributed by atoms with van der Waals surface area (Å²) in [6.07, 6.45) is 0. The van der Waals surface area contributed by atoms with Crippen LogP contribution >= 0.6 is 0 Å². The Balaban J connectivity index is 2.10. The van der Waals surface area contributed by atoms with Gasteiger partial charge >= 0.3 is 0 Å². The number of hydrogen-bond donors (Lipinski definition) is 0. The Bertz CT molecular complexity index is 786. The van der Waals surface area contributed by atoms with Crippen LogP contribution in [0, 0.1) is 5.82 Å². The van der Waals surface area contributed by atoms with E-state index < -0.39 is 0 Å². The van der Waals surface area contributed by atoms with Crippen molar-refractivity contribution in [1.29, 1.82) is 0 Å². The minimum Gasteiger partial charge on any atom is -0.207 e. The molecule has 0 aliphatic carbocycles. The lowest BCUT2D eigenvalue weighted by molar-refractivity contribution is 0.626. The zero-order valence-electron chi connectivity index (χ0n) is 9.60. The fraction of sp³-hybridized carbons (Fsp3) is 0. The molecule has 0 bridgehead atoms. The first-order chi connectivity index (χ1) is 9.26. The number of hydrogen-bond acceptors (Lipinski definition) is 3. The molecule has 2 aromatic carbocycles. The molecule has 0 unspecified atom stereocenters. The summed E-state index contributed by atoms with van der Waals surface area (Å²) in [5.41, 5.74) is 10.8. The van der Waals surface area contributed by atoms with Gasteiger partial charge < -0.3 is 0 Å². The maximum atomic E-state index is 12.8. The van der Waals surface area contributed by atoms with E-state index in [9.17, 15) is 4.39 Å². The third-order valence-corrected chi connectivity index (χ3v) is 2.58. The molecule has 0 radical (unpaired) electrons. The van der Waals surface area contributed by atoms with E-state index in [0.29, 0.717) is 22.4 Å². The smallest absolute Gasteiger partial charge is 0.123 e. The highest BCUT2D eigenvalue weighted by Gasteiger charge is 2.05. The highest BCUT2D eigenvalue weighted by molar-refractivity contribution is 5.77. The van der Waals surface area contributed by atoms with Crippen LogP contribution in [0.3, 0.4) is 0 Å². The predicted octanol–water partition coefficient (Wildman–Crippen LogP) is 3.50. The van der Waals surface area contributed by atoms with Crippen molar-refractivity contribution >= 4 is 16.7 Å². The Hall–Kier alpha value is -2.92. The first-order valence-corrected chi connectivity index (χ1v) is 5.44. The first-order valence-electron chi connectivity index (χ1n) is 5.44. The number of benzene rings is 2. The molecule has 3 aromatic rings. The van der Waals surface area contributed by atoms with Gasteiger partial charge in [-0.2, -0.15) is 4.80 Å². The van der Waals surface area contributed by atoms with Crippen molar-refractivity contribution in [2.75, 3.05) is 0 Å². The maximum Gasteiger partial charge on any atom is 0.123 e. The average Bonchev–Trinajstić information content (AvgIpc) is 2.83.